The Labute approximate surface area is 126 Å². The molecule has 3 rings (SSSR count). The largest absolute Gasteiger partial charge is 0.481 e. The standard InChI is InChI=1S/C15H15ClFNO3/c16-11-6-9(17)3-4-10(11)14(19)18-13-8-2-1-7(5-8)12(13)15(20)21/h3-4,6-8,12-13H,1-2,5H2,(H,18,19)(H,20,21). The van der Waals surface area contributed by atoms with Crippen molar-refractivity contribution in [2.45, 2.75) is 25.3 Å². The van der Waals surface area contributed by atoms with Gasteiger partial charge in [-0.15, -0.1) is 0 Å². The number of nitrogens with one attached hydrogen (secondary N) is 1. The summed E-state index contributed by atoms with van der Waals surface area (Å²) in [6, 6.07) is 3.19. The molecular formula is C15H15ClFNO3. The zero-order valence-electron chi connectivity index (χ0n) is 11.2. The van der Waals surface area contributed by atoms with Gasteiger partial charge in [0.2, 0.25) is 0 Å². The van der Waals surface area contributed by atoms with Gasteiger partial charge in [0.15, 0.2) is 0 Å². The molecule has 2 aliphatic carbocycles. The number of fused-ring (bicyclic) bond motifs is 2. The topological polar surface area (TPSA) is 66.4 Å². The van der Waals surface area contributed by atoms with Gasteiger partial charge in [0, 0.05) is 6.04 Å². The summed E-state index contributed by atoms with van der Waals surface area (Å²) in [5, 5.41) is 12.2. The number of carboxylic acid groups (broad SMARTS) is 1. The molecule has 2 N–H and O–H groups in total. The summed E-state index contributed by atoms with van der Waals surface area (Å²) in [6.07, 6.45) is 2.70. The Morgan fingerprint density at radius 3 is 2.67 bits per heavy atom. The van der Waals surface area contributed by atoms with Crippen LogP contribution in [0.3, 0.4) is 0 Å². The first-order chi connectivity index (χ1) is 9.97. The first-order valence-corrected chi connectivity index (χ1v) is 7.34. The number of hydrogen-bond acceptors (Lipinski definition) is 2. The summed E-state index contributed by atoms with van der Waals surface area (Å²) in [6.45, 7) is 0. The molecule has 0 aliphatic heterocycles. The van der Waals surface area contributed by atoms with E-state index in [-0.39, 0.29) is 28.5 Å². The van der Waals surface area contributed by atoms with Crippen LogP contribution in [0.4, 0.5) is 4.39 Å². The molecule has 4 atom stereocenters. The van der Waals surface area contributed by atoms with Crippen molar-refractivity contribution >= 4 is 23.5 Å². The molecule has 0 saturated heterocycles. The summed E-state index contributed by atoms with van der Waals surface area (Å²) in [4.78, 5) is 23.7. The van der Waals surface area contributed by atoms with E-state index in [1.807, 2.05) is 0 Å². The molecule has 2 saturated carbocycles. The van der Waals surface area contributed by atoms with Gasteiger partial charge in [0.05, 0.1) is 16.5 Å². The number of carbonyl (C=O) groups is 2. The van der Waals surface area contributed by atoms with Crippen LogP contribution < -0.4 is 5.32 Å². The van der Waals surface area contributed by atoms with E-state index >= 15 is 0 Å². The third-order valence-electron chi connectivity index (χ3n) is 4.68. The highest BCUT2D eigenvalue weighted by Crippen LogP contribution is 2.48. The van der Waals surface area contributed by atoms with Crippen molar-refractivity contribution in [1.29, 1.82) is 0 Å². The zero-order chi connectivity index (χ0) is 15.1. The first-order valence-electron chi connectivity index (χ1n) is 6.96. The SMILES string of the molecule is O=C(NC1C2CCC(C2)C1C(=O)O)c1ccc(F)cc1Cl. The Hall–Kier alpha value is -1.62. The fraction of sp³-hybridized carbons (Fsp3) is 0.467. The Balaban J connectivity index is 1.79. The van der Waals surface area contributed by atoms with Crippen molar-refractivity contribution in [3.8, 4) is 0 Å². The van der Waals surface area contributed by atoms with Crippen molar-refractivity contribution in [3.05, 3.63) is 34.6 Å². The number of aliphatic carboxylic acids is 1. The Morgan fingerprint density at radius 2 is 2.00 bits per heavy atom. The highest BCUT2D eigenvalue weighted by molar-refractivity contribution is 6.33. The number of carboxylic acids is 1. The Morgan fingerprint density at radius 1 is 1.29 bits per heavy atom. The lowest BCUT2D eigenvalue weighted by atomic mass is 9.84. The van der Waals surface area contributed by atoms with Crippen molar-refractivity contribution in [3.63, 3.8) is 0 Å². The van der Waals surface area contributed by atoms with Gasteiger partial charge in [-0.2, -0.15) is 0 Å². The van der Waals surface area contributed by atoms with Gasteiger partial charge in [-0.25, -0.2) is 4.39 Å². The van der Waals surface area contributed by atoms with Gasteiger partial charge in [0.25, 0.3) is 5.91 Å². The third-order valence-corrected chi connectivity index (χ3v) is 4.99. The molecule has 0 heterocycles. The Bertz CT molecular complexity index is 607. The van der Waals surface area contributed by atoms with Gasteiger partial charge in [-0.05, 0) is 49.3 Å². The molecule has 0 aromatic heterocycles. The van der Waals surface area contributed by atoms with Crippen molar-refractivity contribution in [2.75, 3.05) is 0 Å². The first kappa shape index (κ1) is 14.3. The number of benzene rings is 1. The van der Waals surface area contributed by atoms with Crippen LogP contribution in [0, 0.1) is 23.6 Å². The molecule has 1 aromatic rings. The van der Waals surface area contributed by atoms with Crippen molar-refractivity contribution in [2.24, 2.45) is 17.8 Å². The maximum Gasteiger partial charge on any atom is 0.308 e. The lowest BCUT2D eigenvalue weighted by Crippen LogP contribution is -2.46. The van der Waals surface area contributed by atoms with Crippen LogP contribution >= 0.6 is 11.6 Å². The average molecular weight is 312 g/mol. The normalized spacial score (nSPS) is 30.4. The molecule has 4 nitrogen and oxygen atoms in total. The van der Waals surface area contributed by atoms with E-state index in [4.69, 9.17) is 11.6 Å². The number of amides is 1. The van der Waals surface area contributed by atoms with Gasteiger partial charge >= 0.3 is 5.97 Å². The number of carbonyl (C=O) groups excluding carboxylic acids is 1. The average Bonchev–Trinajstić information content (AvgIpc) is 2.98. The van der Waals surface area contributed by atoms with E-state index in [2.05, 4.69) is 5.32 Å². The van der Waals surface area contributed by atoms with Gasteiger partial charge in [-0.1, -0.05) is 11.6 Å². The predicted octanol–water partition coefficient (Wildman–Crippen LogP) is 2.71. The van der Waals surface area contributed by atoms with Crippen LogP contribution in [0.25, 0.3) is 0 Å². The maximum atomic E-state index is 13.0. The van der Waals surface area contributed by atoms with Gasteiger partial charge < -0.3 is 10.4 Å². The molecule has 0 spiro atoms. The zero-order valence-corrected chi connectivity index (χ0v) is 11.9. The molecule has 1 amide bonds. The lowest BCUT2D eigenvalue weighted by molar-refractivity contribution is -0.144. The minimum atomic E-state index is -0.863. The van der Waals surface area contributed by atoms with Crippen LogP contribution in [0.15, 0.2) is 18.2 Å². The number of rotatable bonds is 3. The highest BCUT2D eigenvalue weighted by atomic mass is 35.5. The molecule has 2 bridgehead atoms. The molecule has 1 aromatic carbocycles. The van der Waals surface area contributed by atoms with Gasteiger partial charge in [-0.3, -0.25) is 9.59 Å². The Kier molecular flexibility index (Phi) is 3.61. The molecule has 21 heavy (non-hydrogen) atoms. The molecule has 2 aliphatic rings. The van der Waals surface area contributed by atoms with Crippen molar-refractivity contribution < 1.29 is 19.1 Å². The minimum absolute atomic E-state index is 0.0301. The summed E-state index contributed by atoms with van der Waals surface area (Å²) < 4.78 is 13.0. The highest BCUT2D eigenvalue weighted by Gasteiger charge is 2.51. The molecule has 0 radical (unpaired) electrons. The molecule has 6 heteroatoms. The fourth-order valence-corrected chi connectivity index (χ4v) is 4.01. The van der Waals surface area contributed by atoms with Crippen LogP contribution in [0.2, 0.25) is 5.02 Å². The van der Waals surface area contributed by atoms with E-state index in [1.165, 1.54) is 6.07 Å². The molecule has 112 valence electrons. The molecule has 2 fully saturated rings. The smallest absolute Gasteiger partial charge is 0.308 e. The lowest BCUT2D eigenvalue weighted by Gasteiger charge is -2.29. The van der Waals surface area contributed by atoms with E-state index in [1.54, 1.807) is 0 Å². The second kappa shape index (κ2) is 5.30. The molecule has 4 unspecified atom stereocenters. The number of halogens is 2. The molecular weight excluding hydrogens is 297 g/mol. The van der Waals surface area contributed by atoms with E-state index in [9.17, 15) is 19.1 Å². The van der Waals surface area contributed by atoms with E-state index < -0.39 is 23.6 Å². The summed E-state index contributed by atoms with van der Waals surface area (Å²) >= 11 is 5.87. The van der Waals surface area contributed by atoms with Gasteiger partial charge in [0.1, 0.15) is 5.82 Å². The summed E-state index contributed by atoms with van der Waals surface area (Å²) in [5.41, 5.74) is 0.171. The van der Waals surface area contributed by atoms with E-state index in [0.717, 1.165) is 31.4 Å². The number of hydrogen-bond donors (Lipinski definition) is 2. The summed E-state index contributed by atoms with van der Waals surface area (Å²) in [7, 11) is 0. The maximum absolute atomic E-state index is 13.0. The third kappa shape index (κ3) is 2.50. The van der Waals surface area contributed by atoms with Crippen molar-refractivity contribution in [1.82, 2.24) is 5.32 Å². The second-order valence-electron chi connectivity index (χ2n) is 5.82. The minimum Gasteiger partial charge on any atom is -0.481 e. The quantitative estimate of drug-likeness (QED) is 0.902. The summed E-state index contributed by atoms with van der Waals surface area (Å²) in [5.74, 6) is -2.01. The monoisotopic (exact) mass is 311 g/mol. The van der Waals surface area contributed by atoms with Crippen LogP contribution in [-0.2, 0) is 4.79 Å². The second-order valence-corrected chi connectivity index (χ2v) is 6.23. The fourth-order valence-electron chi connectivity index (χ4n) is 3.76. The van der Waals surface area contributed by atoms with E-state index in [0.29, 0.717) is 0 Å². The van der Waals surface area contributed by atoms with Crippen LogP contribution in [0.1, 0.15) is 29.6 Å². The predicted molar refractivity (Wildman–Crippen MR) is 74.6 cm³/mol. The van der Waals surface area contributed by atoms with Crippen LogP contribution in [-0.4, -0.2) is 23.0 Å². The van der Waals surface area contributed by atoms with Crippen LogP contribution in [0.5, 0.6) is 0 Å².